The third-order valence-electron chi connectivity index (χ3n) is 2.85. The molecule has 2 aromatic rings. The average molecular weight is 301 g/mol. The zero-order valence-corrected chi connectivity index (χ0v) is 11.3. The Hall–Kier alpha value is -1.88. The quantitative estimate of drug-likeness (QED) is 0.767. The van der Waals surface area contributed by atoms with E-state index in [9.17, 15) is 13.2 Å². The van der Waals surface area contributed by atoms with Crippen molar-refractivity contribution in [2.45, 2.75) is 13.1 Å². The minimum atomic E-state index is -4.49. The fraction of sp³-hybridized carbons (Fsp3) is 0.143. The summed E-state index contributed by atoms with van der Waals surface area (Å²) in [6, 6.07) is 8.92. The van der Waals surface area contributed by atoms with Crippen LogP contribution in [0.25, 0.3) is 0 Å². The summed E-state index contributed by atoms with van der Waals surface area (Å²) in [7, 11) is 0. The summed E-state index contributed by atoms with van der Waals surface area (Å²) in [4.78, 5) is 0. The van der Waals surface area contributed by atoms with Crippen LogP contribution in [-0.2, 0) is 6.18 Å². The number of para-hydroxylation sites is 1. The minimum Gasteiger partial charge on any atom is -0.398 e. The van der Waals surface area contributed by atoms with Crippen LogP contribution < -0.4 is 11.1 Å². The van der Waals surface area contributed by atoms with Gasteiger partial charge in [0.15, 0.2) is 0 Å². The van der Waals surface area contributed by atoms with Gasteiger partial charge in [-0.2, -0.15) is 13.2 Å². The van der Waals surface area contributed by atoms with Gasteiger partial charge < -0.3 is 11.1 Å². The van der Waals surface area contributed by atoms with E-state index in [0.29, 0.717) is 10.7 Å². The van der Waals surface area contributed by atoms with Gasteiger partial charge in [-0.1, -0.05) is 23.7 Å². The maximum Gasteiger partial charge on any atom is 0.418 e. The van der Waals surface area contributed by atoms with Crippen molar-refractivity contribution in [1.82, 2.24) is 0 Å². The molecule has 0 saturated carbocycles. The molecule has 0 radical (unpaired) electrons. The Balaban J connectivity index is 2.40. The van der Waals surface area contributed by atoms with Crippen LogP contribution in [0, 0.1) is 6.92 Å². The zero-order chi connectivity index (χ0) is 14.9. The van der Waals surface area contributed by atoms with Crippen LogP contribution in [0.4, 0.5) is 30.2 Å². The number of nitrogen functional groups attached to an aromatic ring is 1. The highest BCUT2D eigenvalue weighted by molar-refractivity contribution is 6.33. The van der Waals surface area contributed by atoms with Gasteiger partial charge in [0.05, 0.1) is 16.3 Å². The number of hydrogen-bond donors (Lipinski definition) is 2. The highest BCUT2D eigenvalue weighted by atomic mass is 35.5. The van der Waals surface area contributed by atoms with Crippen molar-refractivity contribution in [2.75, 3.05) is 11.1 Å². The molecule has 0 bridgehead atoms. The lowest BCUT2D eigenvalue weighted by Crippen LogP contribution is -2.09. The van der Waals surface area contributed by atoms with E-state index >= 15 is 0 Å². The molecule has 0 aliphatic rings. The van der Waals surface area contributed by atoms with Crippen molar-refractivity contribution in [1.29, 1.82) is 0 Å². The second kappa shape index (κ2) is 5.25. The summed E-state index contributed by atoms with van der Waals surface area (Å²) in [5.41, 5.74) is 5.87. The smallest absolute Gasteiger partial charge is 0.398 e. The van der Waals surface area contributed by atoms with Gasteiger partial charge in [-0.15, -0.1) is 0 Å². The highest BCUT2D eigenvalue weighted by Crippen LogP contribution is 2.36. The molecule has 2 aromatic carbocycles. The first-order chi connectivity index (χ1) is 9.29. The molecule has 2 nitrogen and oxygen atoms in total. The van der Waals surface area contributed by atoms with Crippen LogP contribution >= 0.6 is 11.6 Å². The number of hydrogen-bond acceptors (Lipinski definition) is 2. The third kappa shape index (κ3) is 2.99. The van der Waals surface area contributed by atoms with E-state index in [1.165, 1.54) is 12.1 Å². The number of anilines is 3. The van der Waals surface area contributed by atoms with Crippen LogP contribution in [0.5, 0.6) is 0 Å². The lowest BCUT2D eigenvalue weighted by Gasteiger charge is -2.15. The maximum absolute atomic E-state index is 12.8. The molecular weight excluding hydrogens is 289 g/mol. The van der Waals surface area contributed by atoms with Crippen LogP contribution in [0.2, 0.25) is 5.02 Å². The van der Waals surface area contributed by atoms with Gasteiger partial charge in [0.2, 0.25) is 0 Å². The SMILES string of the molecule is Cc1cccc(Cl)c1Nc1ccc(N)c(C(F)(F)F)c1. The molecule has 0 aliphatic carbocycles. The summed E-state index contributed by atoms with van der Waals surface area (Å²) in [6.45, 7) is 1.82. The summed E-state index contributed by atoms with van der Waals surface area (Å²) in [5.74, 6) is 0. The maximum atomic E-state index is 12.8. The molecule has 0 heterocycles. The Morgan fingerprint density at radius 2 is 1.85 bits per heavy atom. The normalized spacial score (nSPS) is 11.4. The predicted octanol–water partition coefficient (Wildman–Crippen LogP) is 4.99. The summed E-state index contributed by atoms with van der Waals surface area (Å²) >= 11 is 6.03. The zero-order valence-electron chi connectivity index (χ0n) is 10.6. The summed E-state index contributed by atoms with van der Waals surface area (Å²) in [5, 5.41) is 3.33. The second-order valence-corrected chi connectivity index (χ2v) is 4.76. The second-order valence-electron chi connectivity index (χ2n) is 4.36. The van der Waals surface area contributed by atoms with E-state index < -0.39 is 11.7 Å². The Morgan fingerprint density at radius 3 is 2.45 bits per heavy atom. The van der Waals surface area contributed by atoms with E-state index in [1.54, 1.807) is 12.1 Å². The molecule has 0 saturated heterocycles. The van der Waals surface area contributed by atoms with E-state index in [1.807, 2.05) is 13.0 Å². The number of aryl methyl sites for hydroxylation is 1. The minimum absolute atomic E-state index is 0.280. The first-order valence-corrected chi connectivity index (χ1v) is 6.15. The molecular formula is C14H12ClF3N2. The molecule has 0 atom stereocenters. The van der Waals surface area contributed by atoms with Gasteiger partial charge >= 0.3 is 6.18 Å². The van der Waals surface area contributed by atoms with Crippen molar-refractivity contribution in [3.05, 3.63) is 52.5 Å². The fourth-order valence-electron chi connectivity index (χ4n) is 1.81. The molecule has 0 fully saturated rings. The van der Waals surface area contributed by atoms with E-state index in [2.05, 4.69) is 5.32 Å². The van der Waals surface area contributed by atoms with E-state index in [-0.39, 0.29) is 11.4 Å². The standard InChI is InChI=1S/C14H12ClF3N2/c1-8-3-2-4-11(15)13(8)20-9-5-6-12(19)10(7-9)14(16,17)18/h2-7,20H,19H2,1H3. The molecule has 2 rings (SSSR count). The molecule has 0 spiro atoms. The first kappa shape index (κ1) is 14.5. The molecule has 20 heavy (non-hydrogen) atoms. The Labute approximate surface area is 119 Å². The number of benzene rings is 2. The van der Waals surface area contributed by atoms with Crippen LogP contribution in [-0.4, -0.2) is 0 Å². The Kier molecular flexibility index (Phi) is 3.81. The largest absolute Gasteiger partial charge is 0.418 e. The van der Waals surface area contributed by atoms with E-state index in [0.717, 1.165) is 11.6 Å². The van der Waals surface area contributed by atoms with Crippen LogP contribution in [0.1, 0.15) is 11.1 Å². The highest BCUT2D eigenvalue weighted by Gasteiger charge is 2.33. The van der Waals surface area contributed by atoms with Crippen LogP contribution in [0.3, 0.4) is 0 Å². The molecule has 0 amide bonds. The molecule has 3 N–H and O–H groups in total. The van der Waals surface area contributed by atoms with Gasteiger partial charge in [0.1, 0.15) is 0 Å². The van der Waals surface area contributed by atoms with Crippen molar-refractivity contribution in [3.63, 3.8) is 0 Å². The lowest BCUT2D eigenvalue weighted by molar-refractivity contribution is -0.136. The van der Waals surface area contributed by atoms with Gasteiger partial charge in [0.25, 0.3) is 0 Å². The lowest BCUT2D eigenvalue weighted by atomic mass is 10.1. The number of halogens is 4. The number of nitrogens with one attached hydrogen (secondary N) is 1. The topological polar surface area (TPSA) is 38.0 Å². The monoisotopic (exact) mass is 300 g/mol. The predicted molar refractivity (Wildman–Crippen MR) is 75.3 cm³/mol. The Bertz CT molecular complexity index is 619. The molecule has 0 aromatic heterocycles. The van der Waals surface area contributed by atoms with Gasteiger partial charge in [-0.3, -0.25) is 0 Å². The molecule has 6 heteroatoms. The fourth-order valence-corrected chi connectivity index (χ4v) is 2.08. The third-order valence-corrected chi connectivity index (χ3v) is 3.16. The Morgan fingerprint density at radius 1 is 1.15 bits per heavy atom. The summed E-state index contributed by atoms with van der Waals surface area (Å²) < 4.78 is 38.4. The van der Waals surface area contributed by atoms with Gasteiger partial charge in [-0.25, -0.2) is 0 Å². The number of rotatable bonds is 2. The van der Waals surface area contributed by atoms with Crippen molar-refractivity contribution in [2.24, 2.45) is 0 Å². The van der Waals surface area contributed by atoms with Crippen molar-refractivity contribution >= 4 is 28.7 Å². The molecule has 0 aliphatic heterocycles. The van der Waals surface area contributed by atoms with Crippen molar-refractivity contribution in [3.8, 4) is 0 Å². The first-order valence-electron chi connectivity index (χ1n) is 5.78. The van der Waals surface area contributed by atoms with Crippen molar-refractivity contribution < 1.29 is 13.2 Å². The van der Waals surface area contributed by atoms with Gasteiger partial charge in [0, 0.05) is 11.4 Å². The molecule has 106 valence electrons. The van der Waals surface area contributed by atoms with Crippen LogP contribution in [0.15, 0.2) is 36.4 Å². The average Bonchev–Trinajstić information content (AvgIpc) is 2.34. The number of alkyl halides is 3. The van der Waals surface area contributed by atoms with Gasteiger partial charge in [-0.05, 0) is 36.8 Å². The number of nitrogens with two attached hydrogens (primary N) is 1. The molecule has 0 unspecified atom stereocenters. The summed E-state index contributed by atoms with van der Waals surface area (Å²) in [6.07, 6.45) is -4.49. The van der Waals surface area contributed by atoms with E-state index in [4.69, 9.17) is 17.3 Å².